The molecule has 4 aromatic rings. The van der Waals surface area contributed by atoms with E-state index in [1.54, 1.807) is 6.07 Å². The highest BCUT2D eigenvalue weighted by atomic mass is 16.5. The molecule has 0 bridgehead atoms. The zero-order valence-electron chi connectivity index (χ0n) is 17.2. The SMILES string of the molecule is COC(=O)c1ccc(N(C)c2nc(Nc3cc(C)[nH]n3)c3ccccc3n2)cc1C. The average molecular weight is 402 g/mol. The largest absolute Gasteiger partial charge is 0.465 e. The Kier molecular flexibility index (Phi) is 5.05. The van der Waals surface area contributed by atoms with Gasteiger partial charge < -0.3 is 15.0 Å². The number of rotatable bonds is 5. The fourth-order valence-corrected chi connectivity index (χ4v) is 3.22. The molecule has 0 fully saturated rings. The number of anilines is 4. The van der Waals surface area contributed by atoms with Crippen molar-refractivity contribution in [1.82, 2.24) is 20.2 Å². The highest BCUT2D eigenvalue weighted by Crippen LogP contribution is 2.29. The number of methoxy groups -OCH3 is 1. The van der Waals surface area contributed by atoms with Crippen LogP contribution in [0.2, 0.25) is 0 Å². The summed E-state index contributed by atoms with van der Waals surface area (Å²) in [7, 11) is 3.26. The van der Waals surface area contributed by atoms with Crippen LogP contribution in [0.5, 0.6) is 0 Å². The van der Waals surface area contributed by atoms with Crippen molar-refractivity contribution in [2.45, 2.75) is 13.8 Å². The number of nitrogens with zero attached hydrogens (tertiary/aromatic N) is 4. The van der Waals surface area contributed by atoms with Crippen molar-refractivity contribution < 1.29 is 9.53 Å². The summed E-state index contributed by atoms with van der Waals surface area (Å²) >= 11 is 0. The smallest absolute Gasteiger partial charge is 0.338 e. The highest BCUT2D eigenvalue weighted by molar-refractivity contribution is 5.93. The van der Waals surface area contributed by atoms with Gasteiger partial charge in [-0.3, -0.25) is 5.10 Å². The topological polar surface area (TPSA) is 96.0 Å². The first-order valence-electron chi connectivity index (χ1n) is 9.45. The quantitative estimate of drug-likeness (QED) is 0.481. The summed E-state index contributed by atoms with van der Waals surface area (Å²) in [4.78, 5) is 23.2. The average Bonchev–Trinajstić information content (AvgIpc) is 3.17. The van der Waals surface area contributed by atoms with Gasteiger partial charge in [0.2, 0.25) is 5.95 Å². The minimum Gasteiger partial charge on any atom is -0.465 e. The molecule has 0 spiro atoms. The van der Waals surface area contributed by atoms with E-state index in [-0.39, 0.29) is 5.97 Å². The van der Waals surface area contributed by atoms with E-state index in [2.05, 4.69) is 15.5 Å². The summed E-state index contributed by atoms with van der Waals surface area (Å²) in [5, 5.41) is 11.3. The molecule has 30 heavy (non-hydrogen) atoms. The zero-order valence-corrected chi connectivity index (χ0v) is 17.2. The Balaban J connectivity index is 1.75. The molecule has 2 heterocycles. The number of aryl methyl sites for hydroxylation is 2. The van der Waals surface area contributed by atoms with E-state index in [1.165, 1.54) is 7.11 Å². The number of esters is 1. The molecule has 0 atom stereocenters. The number of fused-ring (bicyclic) bond motifs is 1. The summed E-state index contributed by atoms with van der Waals surface area (Å²) < 4.78 is 4.83. The molecule has 8 nitrogen and oxygen atoms in total. The predicted molar refractivity (Wildman–Crippen MR) is 117 cm³/mol. The third-order valence-corrected chi connectivity index (χ3v) is 4.85. The number of hydrogen-bond acceptors (Lipinski definition) is 7. The van der Waals surface area contributed by atoms with Crippen LogP contribution in [-0.4, -0.2) is 40.3 Å². The lowest BCUT2D eigenvalue weighted by Crippen LogP contribution is -2.15. The van der Waals surface area contributed by atoms with Crippen LogP contribution in [0.1, 0.15) is 21.6 Å². The summed E-state index contributed by atoms with van der Waals surface area (Å²) in [6.45, 7) is 3.81. The summed E-state index contributed by atoms with van der Waals surface area (Å²) in [5.74, 6) is 1.51. The van der Waals surface area contributed by atoms with E-state index in [9.17, 15) is 4.79 Å². The number of aromatic nitrogens is 4. The first-order chi connectivity index (χ1) is 14.5. The van der Waals surface area contributed by atoms with Gasteiger partial charge in [0.05, 0.1) is 18.2 Å². The Bertz CT molecular complexity index is 1230. The van der Waals surface area contributed by atoms with Gasteiger partial charge in [-0.05, 0) is 49.7 Å². The van der Waals surface area contributed by atoms with Crippen molar-refractivity contribution in [3.63, 3.8) is 0 Å². The molecule has 0 radical (unpaired) electrons. The monoisotopic (exact) mass is 402 g/mol. The summed E-state index contributed by atoms with van der Waals surface area (Å²) in [6.07, 6.45) is 0. The van der Waals surface area contributed by atoms with E-state index in [0.29, 0.717) is 23.1 Å². The van der Waals surface area contributed by atoms with Crippen molar-refractivity contribution >= 4 is 40.1 Å². The maximum absolute atomic E-state index is 11.9. The van der Waals surface area contributed by atoms with Gasteiger partial charge in [-0.15, -0.1) is 0 Å². The fourth-order valence-electron chi connectivity index (χ4n) is 3.22. The number of H-pyrrole nitrogens is 1. The summed E-state index contributed by atoms with van der Waals surface area (Å²) in [5.41, 5.74) is 3.97. The molecule has 0 saturated carbocycles. The second-order valence-corrected chi connectivity index (χ2v) is 7.00. The molecule has 8 heteroatoms. The van der Waals surface area contributed by atoms with Gasteiger partial charge in [0.15, 0.2) is 5.82 Å². The highest BCUT2D eigenvalue weighted by Gasteiger charge is 2.16. The van der Waals surface area contributed by atoms with Crippen LogP contribution in [0.15, 0.2) is 48.5 Å². The van der Waals surface area contributed by atoms with E-state index >= 15 is 0 Å². The van der Waals surface area contributed by atoms with Gasteiger partial charge in [0, 0.05) is 29.9 Å². The van der Waals surface area contributed by atoms with Crippen LogP contribution in [0.4, 0.5) is 23.3 Å². The molecular weight excluding hydrogens is 380 g/mol. The van der Waals surface area contributed by atoms with Gasteiger partial charge >= 0.3 is 5.97 Å². The number of hydrogen-bond donors (Lipinski definition) is 2. The lowest BCUT2D eigenvalue weighted by molar-refractivity contribution is 0.0600. The standard InChI is InChI=1S/C22H22N6O2/c1-13-11-15(9-10-16(13)21(29)30-4)28(3)22-23-18-8-6-5-7-17(18)20(25-22)24-19-12-14(2)26-27-19/h5-12H,1-4H3,(H2,23,24,25,26,27). The Morgan fingerprint density at radius 3 is 2.60 bits per heavy atom. The van der Waals surface area contributed by atoms with Crippen molar-refractivity contribution in [2.24, 2.45) is 0 Å². The first-order valence-corrected chi connectivity index (χ1v) is 9.45. The number of aromatic amines is 1. The molecule has 0 saturated heterocycles. The van der Waals surface area contributed by atoms with E-state index in [4.69, 9.17) is 14.7 Å². The number of benzene rings is 2. The van der Waals surface area contributed by atoms with Gasteiger partial charge in [-0.1, -0.05) is 12.1 Å². The zero-order chi connectivity index (χ0) is 21.3. The van der Waals surface area contributed by atoms with Crippen LogP contribution in [0.3, 0.4) is 0 Å². The van der Waals surface area contributed by atoms with Gasteiger partial charge in [-0.2, -0.15) is 10.1 Å². The normalized spacial score (nSPS) is 10.8. The molecule has 0 aliphatic heterocycles. The van der Waals surface area contributed by atoms with Gasteiger partial charge in [0.25, 0.3) is 0 Å². The molecule has 0 unspecified atom stereocenters. The van der Waals surface area contributed by atoms with E-state index in [1.807, 2.05) is 68.3 Å². The number of nitrogens with one attached hydrogen (secondary N) is 2. The Labute approximate surface area is 173 Å². The molecule has 4 rings (SSSR count). The Morgan fingerprint density at radius 2 is 1.90 bits per heavy atom. The Morgan fingerprint density at radius 1 is 1.10 bits per heavy atom. The van der Waals surface area contributed by atoms with Crippen LogP contribution in [0, 0.1) is 13.8 Å². The number of ether oxygens (including phenoxy) is 1. The lowest BCUT2D eigenvalue weighted by Gasteiger charge is -2.20. The fraction of sp³-hybridized carbons (Fsp3) is 0.182. The summed E-state index contributed by atoms with van der Waals surface area (Å²) in [6, 6.07) is 15.2. The lowest BCUT2D eigenvalue weighted by atomic mass is 10.1. The maximum atomic E-state index is 11.9. The van der Waals surface area contributed by atoms with E-state index < -0.39 is 0 Å². The number of carbonyl (C=O) groups is 1. The van der Waals surface area contributed by atoms with Gasteiger partial charge in [0.1, 0.15) is 5.82 Å². The third-order valence-electron chi connectivity index (χ3n) is 4.85. The van der Waals surface area contributed by atoms with Crippen molar-refractivity contribution in [3.05, 3.63) is 65.4 Å². The molecular formula is C22H22N6O2. The number of carbonyl (C=O) groups excluding carboxylic acids is 1. The van der Waals surface area contributed by atoms with E-state index in [0.717, 1.165) is 27.8 Å². The second kappa shape index (κ2) is 7.82. The van der Waals surface area contributed by atoms with Crippen molar-refractivity contribution in [1.29, 1.82) is 0 Å². The number of para-hydroxylation sites is 1. The second-order valence-electron chi connectivity index (χ2n) is 7.00. The Hall–Kier alpha value is -3.94. The first kappa shape index (κ1) is 19.4. The van der Waals surface area contributed by atoms with Crippen molar-refractivity contribution in [2.75, 3.05) is 24.4 Å². The molecule has 0 aliphatic rings. The van der Waals surface area contributed by atoms with Crippen LogP contribution in [0.25, 0.3) is 10.9 Å². The molecule has 2 aromatic heterocycles. The molecule has 2 aromatic carbocycles. The third kappa shape index (κ3) is 3.67. The van der Waals surface area contributed by atoms with Gasteiger partial charge in [-0.25, -0.2) is 9.78 Å². The van der Waals surface area contributed by atoms with Crippen molar-refractivity contribution in [3.8, 4) is 0 Å². The molecule has 152 valence electrons. The maximum Gasteiger partial charge on any atom is 0.338 e. The minimum atomic E-state index is -0.357. The molecule has 0 amide bonds. The van der Waals surface area contributed by atoms with Crippen LogP contribution in [-0.2, 0) is 4.74 Å². The minimum absolute atomic E-state index is 0.357. The molecule has 0 aliphatic carbocycles. The predicted octanol–water partition coefficient (Wildman–Crippen LogP) is 4.27. The van der Waals surface area contributed by atoms with Crippen LogP contribution < -0.4 is 10.2 Å². The molecule has 2 N–H and O–H groups in total. The van der Waals surface area contributed by atoms with Crippen LogP contribution >= 0.6 is 0 Å².